The average molecular weight is 275 g/mol. The second-order valence-electron chi connectivity index (χ2n) is 4.20. The topological polar surface area (TPSA) is 29.5 Å². The monoisotopic (exact) mass is 275 g/mol. The van der Waals surface area contributed by atoms with Crippen LogP contribution in [-0.4, -0.2) is 33.1 Å². The Kier molecular flexibility index (Phi) is 4.94. The van der Waals surface area contributed by atoms with Crippen LogP contribution in [0.15, 0.2) is 18.2 Å². The third kappa shape index (κ3) is 3.96. The molecule has 0 aromatic heterocycles. The van der Waals surface area contributed by atoms with Crippen LogP contribution >= 0.6 is 0 Å². The minimum Gasteiger partial charge on any atom is -0.383 e. The molecule has 0 bridgehead atoms. The summed E-state index contributed by atoms with van der Waals surface area (Å²) >= 11 is 0. The lowest BCUT2D eigenvalue weighted by Crippen LogP contribution is -2.25. The fourth-order valence-electron chi connectivity index (χ4n) is 1.66. The maximum absolute atomic E-state index is 13.0. The molecule has 1 aromatic carbocycles. The normalized spacial score (nSPS) is 11.5. The van der Waals surface area contributed by atoms with Gasteiger partial charge in [0.25, 0.3) is 0 Å². The highest BCUT2D eigenvalue weighted by Crippen LogP contribution is 2.36. The summed E-state index contributed by atoms with van der Waals surface area (Å²) in [5.41, 5.74) is -0.718. The number of Topliss-reactive ketones (excluding diaryl/α,β-unsaturated/α-hetero) is 1. The predicted molar refractivity (Wildman–Crippen MR) is 66.6 cm³/mol. The zero-order valence-corrected chi connectivity index (χ0v) is 11.0. The average Bonchev–Trinajstić information content (AvgIpc) is 2.34. The molecule has 0 atom stereocenters. The van der Waals surface area contributed by atoms with Gasteiger partial charge < -0.3 is 9.64 Å². The van der Waals surface area contributed by atoms with Crippen molar-refractivity contribution in [3.05, 3.63) is 29.3 Å². The number of anilines is 1. The first kappa shape index (κ1) is 15.5. The summed E-state index contributed by atoms with van der Waals surface area (Å²) in [7, 11) is 3.04. The second-order valence-corrected chi connectivity index (χ2v) is 4.20. The van der Waals surface area contributed by atoms with E-state index in [1.807, 2.05) is 0 Å². The Morgan fingerprint density at radius 2 is 2.00 bits per heavy atom. The van der Waals surface area contributed by atoms with Crippen molar-refractivity contribution in [2.45, 2.75) is 13.1 Å². The third-order valence-corrected chi connectivity index (χ3v) is 2.75. The Bertz CT molecular complexity index is 458. The van der Waals surface area contributed by atoms with Gasteiger partial charge in [0.1, 0.15) is 0 Å². The molecule has 0 aliphatic carbocycles. The van der Waals surface area contributed by atoms with E-state index in [-0.39, 0.29) is 11.3 Å². The van der Waals surface area contributed by atoms with Crippen LogP contribution in [0.4, 0.5) is 18.9 Å². The Hall–Kier alpha value is -1.56. The molecule has 106 valence electrons. The van der Waals surface area contributed by atoms with E-state index in [9.17, 15) is 18.0 Å². The van der Waals surface area contributed by atoms with Gasteiger partial charge in [0, 0.05) is 32.0 Å². The number of carbonyl (C=O) groups excluding carboxylic acids is 1. The maximum atomic E-state index is 13.0. The smallest absolute Gasteiger partial charge is 0.383 e. The highest BCUT2D eigenvalue weighted by Gasteiger charge is 2.35. The summed E-state index contributed by atoms with van der Waals surface area (Å²) in [6, 6.07) is 3.60. The number of hydrogen-bond donors (Lipinski definition) is 0. The molecule has 0 saturated carbocycles. The summed E-state index contributed by atoms with van der Waals surface area (Å²) in [4.78, 5) is 12.6. The number of ether oxygens (including phenoxy) is 1. The van der Waals surface area contributed by atoms with Gasteiger partial charge in [-0.2, -0.15) is 13.2 Å². The van der Waals surface area contributed by atoms with E-state index < -0.39 is 17.5 Å². The minimum absolute atomic E-state index is 0.0366. The lowest BCUT2D eigenvalue weighted by Gasteiger charge is -2.23. The van der Waals surface area contributed by atoms with Crippen molar-refractivity contribution in [2.75, 3.05) is 32.2 Å². The van der Waals surface area contributed by atoms with Crippen LogP contribution in [0.5, 0.6) is 0 Å². The number of hydrogen-bond acceptors (Lipinski definition) is 3. The molecule has 0 aliphatic heterocycles. The highest BCUT2D eigenvalue weighted by atomic mass is 19.4. The van der Waals surface area contributed by atoms with Gasteiger partial charge in [-0.3, -0.25) is 4.79 Å². The van der Waals surface area contributed by atoms with E-state index in [0.717, 1.165) is 6.07 Å². The molecule has 0 N–H and O–H groups in total. The molecule has 19 heavy (non-hydrogen) atoms. The summed E-state index contributed by atoms with van der Waals surface area (Å²) < 4.78 is 43.9. The minimum atomic E-state index is -4.50. The van der Waals surface area contributed by atoms with Gasteiger partial charge in [-0.25, -0.2) is 0 Å². The maximum Gasteiger partial charge on any atom is 0.418 e. The number of nitrogens with zero attached hydrogens (tertiary/aromatic N) is 1. The van der Waals surface area contributed by atoms with Gasteiger partial charge in [0.15, 0.2) is 5.78 Å². The molecular formula is C13H16F3NO2. The number of carbonyl (C=O) groups is 1. The first-order chi connectivity index (χ1) is 8.77. The summed E-state index contributed by atoms with van der Waals surface area (Å²) in [5.74, 6) is -0.392. The van der Waals surface area contributed by atoms with Crippen molar-refractivity contribution in [2.24, 2.45) is 0 Å². The fraction of sp³-hybridized carbons (Fsp3) is 0.462. The van der Waals surface area contributed by atoms with E-state index in [1.54, 1.807) is 7.05 Å². The Labute approximate surface area is 110 Å². The molecule has 6 heteroatoms. The zero-order chi connectivity index (χ0) is 14.6. The molecule has 0 spiro atoms. The molecular weight excluding hydrogens is 259 g/mol. The van der Waals surface area contributed by atoms with Crippen LogP contribution in [0, 0.1) is 0 Å². The largest absolute Gasteiger partial charge is 0.418 e. The first-order valence-electron chi connectivity index (χ1n) is 5.69. The molecule has 3 nitrogen and oxygen atoms in total. The summed E-state index contributed by atoms with van der Waals surface area (Å²) in [6.07, 6.45) is -4.50. The molecule has 0 radical (unpaired) electrons. The van der Waals surface area contributed by atoms with Crippen molar-refractivity contribution >= 4 is 11.5 Å². The molecule has 0 aliphatic rings. The quantitative estimate of drug-likeness (QED) is 0.774. The van der Waals surface area contributed by atoms with E-state index in [2.05, 4.69) is 0 Å². The Morgan fingerprint density at radius 3 is 2.47 bits per heavy atom. The van der Waals surface area contributed by atoms with Gasteiger partial charge in [-0.05, 0) is 25.1 Å². The molecule has 1 aromatic rings. The van der Waals surface area contributed by atoms with E-state index in [1.165, 1.54) is 31.1 Å². The van der Waals surface area contributed by atoms with Crippen molar-refractivity contribution in [3.8, 4) is 0 Å². The molecule has 0 heterocycles. The van der Waals surface area contributed by atoms with Gasteiger partial charge in [0.2, 0.25) is 0 Å². The van der Waals surface area contributed by atoms with Crippen molar-refractivity contribution < 1.29 is 22.7 Å². The van der Waals surface area contributed by atoms with Crippen LogP contribution in [-0.2, 0) is 10.9 Å². The number of benzene rings is 1. The number of halogens is 3. The van der Waals surface area contributed by atoms with Crippen molar-refractivity contribution in [3.63, 3.8) is 0 Å². The van der Waals surface area contributed by atoms with Gasteiger partial charge in [-0.15, -0.1) is 0 Å². The predicted octanol–water partition coefficient (Wildman–Crippen LogP) is 2.99. The lowest BCUT2D eigenvalue weighted by molar-refractivity contribution is -0.137. The highest BCUT2D eigenvalue weighted by molar-refractivity contribution is 5.94. The summed E-state index contributed by atoms with van der Waals surface area (Å²) in [5, 5.41) is 0. The number of alkyl halides is 3. The number of methoxy groups -OCH3 is 1. The molecule has 0 fully saturated rings. The molecule has 0 unspecified atom stereocenters. The van der Waals surface area contributed by atoms with Gasteiger partial charge in [-0.1, -0.05) is 0 Å². The molecule has 0 amide bonds. The third-order valence-electron chi connectivity index (χ3n) is 2.75. The second kappa shape index (κ2) is 6.06. The van der Waals surface area contributed by atoms with Crippen LogP contribution in [0.25, 0.3) is 0 Å². The fourth-order valence-corrected chi connectivity index (χ4v) is 1.66. The number of rotatable bonds is 5. The zero-order valence-electron chi connectivity index (χ0n) is 11.0. The van der Waals surface area contributed by atoms with Crippen LogP contribution < -0.4 is 4.90 Å². The standard InChI is InChI=1S/C13H16F3NO2/c1-9(18)10-4-5-12(17(2)6-7-19-3)11(8-10)13(14,15)16/h4-5,8H,6-7H2,1-3H3. The van der Waals surface area contributed by atoms with Gasteiger partial charge >= 0.3 is 6.18 Å². The molecule has 1 rings (SSSR count). The van der Waals surface area contributed by atoms with Crippen molar-refractivity contribution in [1.29, 1.82) is 0 Å². The van der Waals surface area contributed by atoms with E-state index in [0.29, 0.717) is 13.2 Å². The SMILES string of the molecule is COCCN(C)c1ccc(C(C)=O)cc1C(F)(F)F. The van der Waals surface area contributed by atoms with Crippen LogP contribution in [0.3, 0.4) is 0 Å². The Balaban J connectivity index is 3.20. The van der Waals surface area contributed by atoms with Crippen LogP contribution in [0.1, 0.15) is 22.8 Å². The number of ketones is 1. The van der Waals surface area contributed by atoms with Crippen molar-refractivity contribution in [1.82, 2.24) is 0 Å². The first-order valence-corrected chi connectivity index (χ1v) is 5.69. The Morgan fingerprint density at radius 1 is 1.37 bits per heavy atom. The lowest BCUT2D eigenvalue weighted by atomic mass is 10.0. The van der Waals surface area contributed by atoms with Crippen LogP contribution in [0.2, 0.25) is 0 Å². The van der Waals surface area contributed by atoms with Gasteiger partial charge in [0.05, 0.1) is 12.2 Å². The molecule has 0 saturated heterocycles. The van der Waals surface area contributed by atoms with E-state index in [4.69, 9.17) is 4.74 Å². The summed E-state index contributed by atoms with van der Waals surface area (Å²) in [6.45, 7) is 1.89. The number of likely N-dealkylation sites (N-methyl/N-ethyl adjacent to an activating group) is 1. The van der Waals surface area contributed by atoms with E-state index >= 15 is 0 Å².